The summed E-state index contributed by atoms with van der Waals surface area (Å²) in [6, 6.07) is 3.70. The number of amides is 1. The molecule has 1 amide bonds. The van der Waals surface area contributed by atoms with Crippen LogP contribution in [0, 0.1) is 11.3 Å². The van der Waals surface area contributed by atoms with Crippen LogP contribution in [0.25, 0.3) is 0 Å². The Kier molecular flexibility index (Phi) is 5.79. The maximum Gasteiger partial charge on any atom is 0.412 e. The van der Waals surface area contributed by atoms with Crippen LogP contribution in [0.5, 0.6) is 0 Å². The van der Waals surface area contributed by atoms with Crippen molar-refractivity contribution in [2.24, 2.45) is 5.92 Å². The van der Waals surface area contributed by atoms with Gasteiger partial charge in [0.15, 0.2) is 0 Å². The summed E-state index contributed by atoms with van der Waals surface area (Å²) in [5.74, 6) is 0.153. The predicted molar refractivity (Wildman–Crippen MR) is 106 cm³/mol. The fraction of sp³-hybridized carbons (Fsp3) is 0.600. The Bertz CT molecular complexity index is 742. The second-order valence-electron chi connectivity index (χ2n) is 7.59. The Labute approximate surface area is 164 Å². The lowest BCUT2D eigenvalue weighted by Gasteiger charge is -2.31. The van der Waals surface area contributed by atoms with Gasteiger partial charge in [-0.2, -0.15) is 0 Å². The van der Waals surface area contributed by atoms with E-state index >= 15 is 0 Å². The summed E-state index contributed by atoms with van der Waals surface area (Å²) in [4.78, 5) is 14.3. The van der Waals surface area contributed by atoms with Crippen molar-refractivity contribution in [2.45, 2.75) is 25.4 Å². The second-order valence-corrected chi connectivity index (χ2v) is 7.59. The van der Waals surface area contributed by atoms with E-state index in [0.29, 0.717) is 36.7 Å². The summed E-state index contributed by atoms with van der Waals surface area (Å²) in [5.41, 5.74) is 9.63. The lowest BCUT2D eigenvalue weighted by Crippen LogP contribution is -2.38. The van der Waals surface area contributed by atoms with Gasteiger partial charge in [-0.1, -0.05) is 0 Å². The maximum atomic E-state index is 12.0. The molecule has 2 fully saturated rings. The highest BCUT2D eigenvalue weighted by Crippen LogP contribution is 2.37. The molecule has 0 radical (unpaired) electrons. The Morgan fingerprint density at radius 2 is 1.89 bits per heavy atom. The summed E-state index contributed by atoms with van der Waals surface area (Å²) in [6.07, 6.45) is 1.58. The Morgan fingerprint density at radius 1 is 1.18 bits per heavy atom. The SMILES string of the molecule is N=C(c1cc2c(cc1N)NC(=O)OC2CCN1CCOCC1)C1CCOCC1. The van der Waals surface area contributed by atoms with E-state index in [2.05, 4.69) is 10.2 Å². The molecule has 0 bridgehead atoms. The summed E-state index contributed by atoms with van der Waals surface area (Å²) < 4.78 is 16.4. The maximum absolute atomic E-state index is 12.0. The molecule has 4 rings (SSSR count). The monoisotopic (exact) mass is 388 g/mol. The average molecular weight is 388 g/mol. The molecule has 0 spiro atoms. The average Bonchev–Trinajstić information content (AvgIpc) is 2.72. The van der Waals surface area contributed by atoms with E-state index in [1.165, 1.54) is 0 Å². The Balaban J connectivity index is 1.54. The first kappa shape index (κ1) is 19.2. The van der Waals surface area contributed by atoms with Gasteiger partial charge in [-0.05, 0) is 25.0 Å². The topological polar surface area (TPSA) is 110 Å². The smallest absolute Gasteiger partial charge is 0.412 e. The first-order valence-electron chi connectivity index (χ1n) is 9.99. The van der Waals surface area contributed by atoms with Crippen molar-refractivity contribution >= 4 is 23.2 Å². The molecule has 0 aliphatic carbocycles. The van der Waals surface area contributed by atoms with Gasteiger partial charge in [0.05, 0.1) is 18.9 Å². The van der Waals surface area contributed by atoms with Crippen LogP contribution in [-0.4, -0.2) is 62.8 Å². The number of hydrogen-bond acceptors (Lipinski definition) is 7. The van der Waals surface area contributed by atoms with E-state index in [-0.39, 0.29) is 12.0 Å². The van der Waals surface area contributed by atoms with Crippen LogP contribution in [0.3, 0.4) is 0 Å². The van der Waals surface area contributed by atoms with Crippen molar-refractivity contribution in [2.75, 3.05) is 57.1 Å². The number of cyclic esters (lactones) is 1. The van der Waals surface area contributed by atoms with E-state index in [9.17, 15) is 4.79 Å². The van der Waals surface area contributed by atoms with E-state index in [1.54, 1.807) is 6.07 Å². The van der Waals surface area contributed by atoms with Gasteiger partial charge in [-0.3, -0.25) is 10.2 Å². The van der Waals surface area contributed by atoms with E-state index in [1.807, 2.05) is 6.07 Å². The Morgan fingerprint density at radius 3 is 2.64 bits per heavy atom. The van der Waals surface area contributed by atoms with Gasteiger partial charge in [0.25, 0.3) is 0 Å². The zero-order chi connectivity index (χ0) is 19.5. The number of anilines is 2. The highest BCUT2D eigenvalue weighted by molar-refractivity contribution is 6.05. The molecule has 8 nitrogen and oxygen atoms in total. The molecule has 3 aliphatic heterocycles. The molecular formula is C20H28N4O4. The molecule has 4 N–H and O–H groups in total. The van der Waals surface area contributed by atoms with Crippen molar-refractivity contribution < 1.29 is 19.0 Å². The molecule has 1 aromatic carbocycles. The van der Waals surface area contributed by atoms with Gasteiger partial charge in [0.1, 0.15) is 6.10 Å². The zero-order valence-corrected chi connectivity index (χ0v) is 16.0. The number of fused-ring (bicyclic) bond motifs is 1. The van der Waals surface area contributed by atoms with Gasteiger partial charge in [0, 0.05) is 67.7 Å². The lowest BCUT2D eigenvalue weighted by molar-refractivity contribution is 0.0275. The first-order valence-corrected chi connectivity index (χ1v) is 9.99. The third-order valence-corrected chi connectivity index (χ3v) is 5.79. The minimum Gasteiger partial charge on any atom is -0.441 e. The lowest BCUT2D eigenvalue weighted by atomic mass is 9.87. The minimum atomic E-state index is -0.453. The number of carbonyl (C=O) groups is 1. The third kappa shape index (κ3) is 4.14. The molecule has 1 unspecified atom stereocenters. The number of benzene rings is 1. The summed E-state index contributed by atoms with van der Waals surface area (Å²) in [6.45, 7) is 5.47. The number of carbonyl (C=O) groups excluding carboxylic acids is 1. The van der Waals surface area contributed by atoms with Crippen molar-refractivity contribution in [3.05, 3.63) is 23.3 Å². The molecule has 152 valence electrons. The quantitative estimate of drug-likeness (QED) is 0.528. The molecule has 0 saturated carbocycles. The van der Waals surface area contributed by atoms with Gasteiger partial charge < -0.3 is 25.4 Å². The molecule has 1 aromatic rings. The van der Waals surface area contributed by atoms with Gasteiger partial charge in [0.2, 0.25) is 0 Å². The van der Waals surface area contributed by atoms with Crippen LogP contribution in [0.4, 0.5) is 16.2 Å². The van der Waals surface area contributed by atoms with Crippen molar-refractivity contribution in [1.82, 2.24) is 4.90 Å². The standard InChI is InChI=1S/C20H28N4O4/c21-16-12-17-15(11-14(16)19(22)13-2-7-26-8-3-13)18(28-20(25)23-17)1-4-24-5-9-27-10-6-24/h11-13,18,22H,1-10,21H2,(H,23,25). The zero-order valence-electron chi connectivity index (χ0n) is 16.0. The van der Waals surface area contributed by atoms with Crippen LogP contribution < -0.4 is 11.1 Å². The minimum absolute atomic E-state index is 0.153. The van der Waals surface area contributed by atoms with Gasteiger partial charge >= 0.3 is 6.09 Å². The summed E-state index contributed by atoms with van der Waals surface area (Å²) in [7, 11) is 0. The Hall–Kier alpha value is -2.16. The molecule has 8 heteroatoms. The summed E-state index contributed by atoms with van der Waals surface area (Å²) >= 11 is 0. The molecular weight excluding hydrogens is 360 g/mol. The molecule has 3 aliphatic rings. The number of ether oxygens (including phenoxy) is 3. The molecule has 28 heavy (non-hydrogen) atoms. The molecule has 2 saturated heterocycles. The molecule has 1 atom stereocenters. The van der Waals surface area contributed by atoms with Gasteiger partial charge in [-0.15, -0.1) is 0 Å². The van der Waals surface area contributed by atoms with Crippen LogP contribution in [0.2, 0.25) is 0 Å². The fourth-order valence-corrected chi connectivity index (χ4v) is 4.12. The first-order chi connectivity index (χ1) is 13.6. The van der Waals surface area contributed by atoms with Gasteiger partial charge in [-0.25, -0.2) is 4.79 Å². The molecule has 3 heterocycles. The van der Waals surface area contributed by atoms with Crippen molar-refractivity contribution in [3.63, 3.8) is 0 Å². The number of hydrogen-bond donors (Lipinski definition) is 3. The van der Waals surface area contributed by atoms with Crippen LogP contribution in [-0.2, 0) is 14.2 Å². The number of nitrogens with two attached hydrogens (primary N) is 1. The second kappa shape index (κ2) is 8.46. The molecule has 0 aromatic heterocycles. The van der Waals surface area contributed by atoms with Crippen LogP contribution in [0.15, 0.2) is 12.1 Å². The van der Waals surface area contributed by atoms with Crippen LogP contribution in [0.1, 0.15) is 36.5 Å². The normalized spacial score (nSPS) is 23.6. The third-order valence-electron chi connectivity index (χ3n) is 5.79. The van der Waals surface area contributed by atoms with E-state index < -0.39 is 6.09 Å². The van der Waals surface area contributed by atoms with E-state index in [0.717, 1.165) is 56.8 Å². The predicted octanol–water partition coefficient (Wildman–Crippen LogP) is 2.39. The van der Waals surface area contributed by atoms with Crippen molar-refractivity contribution in [3.8, 4) is 0 Å². The summed E-state index contributed by atoms with van der Waals surface area (Å²) in [5, 5.41) is 11.4. The van der Waals surface area contributed by atoms with Crippen molar-refractivity contribution in [1.29, 1.82) is 5.41 Å². The van der Waals surface area contributed by atoms with Crippen LogP contribution >= 0.6 is 0 Å². The highest BCUT2D eigenvalue weighted by Gasteiger charge is 2.30. The number of morpholine rings is 1. The highest BCUT2D eigenvalue weighted by atomic mass is 16.6. The number of nitrogens with zero attached hydrogens (tertiary/aromatic N) is 1. The largest absolute Gasteiger partial charge is 0.441 e. The number of rotatable bonds is 5. The van der Waals surface area contributed by atoms with E-state index in [4.69, 9.17) is 25.4 Å². The fourth-order valence-electron chi connectivity index (χ4n) is 4.12. The number of nitrogen functional groups attached to an aromatic ring is 1. The number of nitrogens with one attached hydrogen (secondary N) is 2.